The zero-order valence-electron chi connectivity index (χ0n) is 13.0. The largest absolute Gasteiger partial charge is 0.368 e. The quantitative estimate of drug-likeness (QED) is 0.847. The molecule has 0 amide bonds. The molecule has 1 aromatic rings. The van der Waals surface area contributed by atoms with Gasteiger partial charge in [0.2, 0.25) is 0 Å². The average Bonchev–Trinajstić information content (AvgIpc) is 2.92. The van der Waals surface area contributed by atoms with E-state index in [4.69, 9.17) is 0 Å². The average molecular weight is 278 g/mol. The molecule has 2 rings (SSSR count). The van der Waals surface area contributed by atoms with Gasteiger partial charge in [0, 0.05) is 30.4 Å². The molecule has 1 aliphatic rings. The molecule has 1 fully saturated rings. The number of nitrogens with one attached hydrogen (secondary N) is 1. The summed E-state index contributed by atoms with van der Waals surface area (Å²) < 4.78 is 14.2. The Kier molecular flexibility index (Phi) is 5.41. The summed E-state index contributed by atoms with van der Waals surface area (Å²) in [6.07, 6.45) is 5.08. The van der Waals surface area contributed by atoms with Crippen LogP contribution in [-0.4, -0.2) is 19.6 Å². The SMILES string of the molecule is CNCc1c(F)cccc1N(CC(C)C)C1CCCC1. The highest BCUT2D eigenvalue weighted by Crippen LogP contribution is 2.32. The van der Waals surface area contributed by atoms with Gasteiger partial charge in [-0.15, -0.1) is 0 Å². The number of hydrogen-bond donors (Lipinski definition) is 1. The minimum atomic E-state index is -0.0939. The summed E-state index contributed by atoms with van der Waals surface area (Å²) in [7, 11) is 1.87. The maximum absolute atomic E-state index is 14.2. The number of hydrogen-bond acceptors (Lipinski definition) is 2. The van der Waals surface area contributed by atoms with E-state index in [9.17, 15) is 4.39 Å². The van der Waals surface area contributed by atoms with E-state index in [1.54, 1.807) is 6.07 Å². The fourth-order valence-corrected chi connectivity index (χ4v) is 3.22. The van der Waals surface area contributed by atoms with E-state index in [2.05, 4.69) is 30.1 Å². The van der Waals surface area contributed by atoms with E-state index in [-0.39, 0.29) is 5.82 Å². The fourth-order valence-electron chi connectivity index (χ4n) is 3.22. The van der Waals surface area contributed by atoms with Gasteiger partial charge in [-0.2, -0.15) is 0 Å². The maximum atomic E-state index is 14.2. The molecule has 0 radical (unpaired) electrons. The summed E-state index contributed by atoms with van der Waals surface area (Å²) in [5.74, 6) is 0.491. The summed E-state index contributed by atoms with van der Waals surface area (Å²) >= 11 is 0. The van der Waals surface area contributed by atoms with Crippen LogP contribution in [-0.2, 0) is 6.54 Å². The molecular formula is C17H27FN2. The molecule has 1 saturated carbocycles. The third-order valence-electron chi connectivity index (χ3n) is 4.08. The molecule has 0 unspecified atom stereocenters. The molecule has 112 valence electrons. The smallest absolute Gasteiger partial charge is 0.129 e. The Balaban J connectivity index is 2.34. The van der Waals surface area contributed by atoms with Crippen molar-refractivity contribution in [3.05, 3.63) is 29.6 Å². The van der Waals surface area contributed by atoms with Crippen LogP contribution in [0.1, 0.15) is 45.1 Å². The molecule has 2 nitrogen and oxygen atoms in total. The highest BCUT2D eigenvalue weighted by atomic mass is 19.1. The van der Waals surface area contributed by atoms with E-state index in [1.165, 1.54) is 25.7 Å². The van der Waals surface area contributed by atoms with Gasteiger partial charge >= 0.3 is 0 Å². The van der Waals surface area contributed by atoms with E-state index < -0.39 is 0 Å². The second-order valence-corrected chi connectivity index (χ2v) is 6.25. The summed E-state index contributed by atoms with van der Waals surface area (Å²) in [6, 6.07) is 6.07. The normalized spacial score (nSPS) is 16.1. The van der Waals surface area contributed by atoms with Crippen LogP contribution in [0.2, 0.25) is 0 Å². The van der Waals surface area contributed by atoms with Crippen molar-refractivity contribution < 1.29 is 4.39 Å². The molecule has 0 atom stereocenters. The van der Waals surface area contributed by atoms with Gasteiger partial charge in [-0.1, -0.05) is 32.8 Å². The zero-order valence-corrected chi connectivity index (χ0v) is 13.0. The van der Waals surface area contributed by atoms with Crippen LogP contribution in [0.3, 0.4) is 0 Å². The molecular weight excluding hydrogens is 251 g/mol. The molecule has 1 N–H and O–H groups in total. The highest BCUT2D eigenvalue weighted by Gasteiger charge is 2.25. The van der Waals surface area contributed by atoms with Crippen LogP contribution >= 0.6 is 0 Å². The van der Waals surface area contributed by atoms with Gasteiger partial charge in [-0.3, -0.25) is 0 Å². The lowest BCUT2D eigenvalue weighted by molar-refractivity contribution is 0.528. The minimum Gasteiger partial charge on any atom is -0.368 e. The zero-order chi connectivity index (χ0) is 14.5. The predicted octanol–water partition coefficient (Wildman–Crippen LogP) is 3.95. The molecule has 0 heterocycles. The molecule has 0 bridgehead atoms. The number of benzene rings is 1. The molecule has 1 aromatic carbocycles. The first kappa shape index (κ1) is 15.3. The van der Waals surface area contributed by atoms with Crippen molar-refractivity contribution in [1.29, 1.82) is 0 Å². The van der Waals surface area contributed by atoms with Crippen molar-refractivity contribution in [1.82, 2.24) is 5.32 Å². The number of rotatable bonds is 6. The number of anilines is 1. The van der Waals surface area contributed by atoms with Gasteiger partial charge in [0.05, 0.1) is 0 Å². The van der Waals surface area contributed by atoms with E-state index >= 15 is 0 Å². The van der Waals surface area contributed by atoms with E-state index in [1.807, 2.05) is 13.1 Å². The van der Waals surface area contributed by atoms with Crippen molar-refractivity contribution in [3.8, 4) is 0 Å². The molecule has 0 aliphatic heterocycles. The van der Waals surface area contributed by atoms with Gasteiger partial charge in [0.15, 0.2) is 0 Å². The lowest BCUT2D eigenvalue weighted by atomic mass is 10.1. The third kappa shape index (κ3) is 3.51. The molecule has 0 spiro atoms. The lowest BCUT2D eigenvalue weighted by Gasteiger charge is -2.34. The van der Waals surface area contributed by atoms with Crippen LogP contribution in [0.5, 0.6) is 0 Å². The van der Waals surface area contributed by atoms with Crippen LogP contribution in [0.4, 0.5) is 10.1 Å². The Hall–Kier alpha value is -1.09. The van der Waals surface area contributed by atoms with Gasteiger partial charge in [0.1, 0.15) is 5.82 Å². The Labute approximate surface area is 122 Å². The maximum Gasteiger partial charge on any atom is 0.129 e. The highest BCUT2D eigenvalue weighted by molar-refractivity contribution is 5.55. The van der Waals surface area contributed by atoms with Crippen molar-refractivity contribution in [3.63, 3.8) is 0 Å². The number of nitrogens with zero attached hydrogens (tertiary/aromatic N) is 1. The second kappa shape index (κ2) is 7.07. The summed E-state index contributed by atoms with van der Waals surface area (Å²) in [5.41, 5.74) is 1.89. The first-order valence-electron chi connectivity index (χ1n) is 7.82. The Morgan fingerprint density at radius 1 is 1.30 bits per heavy atom. The summed E-state index contributed by atoms with van der Waals surface area (Å²) in [5, 5.41) is 3.10. The Bertz CT molecular complexity index is 425. The first-order chi connectivity index (χ1) is 9.63. The molecule has 3 heteroatoms. The Morgan fingerprint density at radius 3 is 2.60 bits per heavy atom. The number of halogens is 1. The standard InChI is InChI=1S/C17H27FN2/c1-13(2)12-20(14-7-4-5-8-14)17-10-6-9-16(18)15(17)11-19-3/h6,9-10,13-14,19H,4-5,7-8,11-12H2,1-3H3. The van der Waals surface area contributed by atoms with Crippen LogP contribution in [0.25, 0.3) is 0 Å². The van der Waals surface area contributed by atoms with Crippen molar-refractivity contribution in [2.24, 2.45) is 5.92 Å². The molecule has 1 aliphatic carbocycles. The van der Waals surface area contributed by atoms with Crippen molar-refractivity contribution >= 4 is 5.69 Å². The van der Waals surface area contributed by atoms with E-state index in [0.717, 1.165) is 17.8 Å². The fraction of sp³-hybridized carbons (Fsp3) is 0.647. The third-order valence-corrected chi connectivity index (χ3v) is 4.08. The summed E-state index contributed by atoms with van der Waals surface area (Å²) in [6.45, 7) is 6.06. The monoisotopic (exact) mass is 278 g/mol. The molecule has 0 saturated heterocycles. The topological polar surface area (TPSA) is 15.3 Å². The summed E-state index contributed by atoms with van der Waals surface area (Å²) in [4.78, 5) is 2.45. The Morgan fingerprint density at radius 2 is 2.00 bits per heavy atom. The van der Waals surface area contributed by atoms with Crippen molar-refractivity contribution in [2.75, 3.05) is 18.5 Å². The molecule has 20 heavy (non-hydrogen) atoms. The molecule has 0 aromatic heterocycles. The predicted molar refractivity (Wildman–Crippen MR) is 83.6 cm³/mol. The van der Waals surface area contributed by atoms with Crippen LogP contribution in [0.15, 0.2) is 18.2 Å². The lowest BCUT2D eigenvalue weighted by Crippen LogP contribution is -2.37. The second-order valence-electron chi connectivity index (χ2n) is 6.25. The van der Waals surface area contributed by atoms with Gasteiger partial charge in [-0.25, -0.2) is 4.39 Å². The van der Waals surface area contributed by atoms with Crippen LogP contribution in [0, 0.1) is 11.7 Å². The van der Waals surface area contributed by atoms with Gasteiger partial charge < -0.3 is 10.2 Å². The van der Waals surface area contributed by atoms with Gasteiger partial charge in [-0.05, 0) is 37.9 Å². The van der Waals surface area contributed by atoms with Gasteiger partial charge in [0.25, 0.3) is 0 Å². The minimum absolute atomic E-state index is 0.0939. The van der Waals surface area contributed by atoms with Crippen LogP contribution < -0.4 is 10.2 Å². The van der Waals surface area contributed by atoms with Crippen molar-refractivity contribution in [2.45, 2.75) is 52.1 Å². The first-order valence-corrected chi connectivity index (χ1v) is 7.82. The van der Waals surface area contributed by atoms with E-state index in [0.29, 0.717) is 18.5 Å².